The van der Waals surface area contributed by atoms with Gasteiger partial charge < -0.3 is 18.4 Å². The summed E-state index contributed by atoms with van der Waals surface area (Å²) in [7, 11) is 0. The van der Waals surface area contributed by atoms with Gasteiger partial charge in [-0.25, -0.2) is 0 Å². The molecule has 0 fully saturated rings. The zero-order valence-electron chi connectivity index (χ0n) is 43.5. The number of fused-ring (bicyclic) bond motifs is 13. The van der Waals surface area contributed by atoms with E-state index in [2.05, 4.69) is 245 Å². The molecular weight excluding hydrogens is 838 g/mol. The first-order chi connectivity index (χ1) is 32.4. The van der Waals surface area contributed by atoms with Crippen LogP contribution in [-0.4, -0.2) is 15.9 Å². The summed E-state index contributed by atoms with van der Waals surface area (Å²) in [5.74, 6) is 0. The van der Waals surface area contributed by atoms with Crippen molar-refractivity contribution >= 4 is 89.6 Å². The number of furan rings is 1. The Morgan fingerprint density at radius 1 is 0.420 bits per heavy atom. The van der Waals surface area contributed by atoms with E-state index < -0.39 is 0 Å². The predicted octanol–water partition coefficient (Wildman–Crippen LogP) is 16.5. The van der Waals surface area contributed by atoms with E-state index in [9.17, 15) is 0 Å². The van der Waals surface area contributed by atoms with Crippen molar-refractivity contribution in [2.45, 2.75) is 131 Å². The molecule has 0 spiro atoms. The highest BCUT2D eigenvalue weighted by atomic mass is 16.3. The lowest BCUT2D eigenvalue weighted by atomic mass is 9.47. The van der Waals surface area contributed by atoms with Gasteiger partial charge in [0.15, 0.2) is 0 Å². The van der Waals surface area contributed by atoms with Gasteiger partial charge in [-0.15, -0.1) is 0 Å². The number of rotatable bonds is 2. The van der Waals surface area contributed by atoms with Gasteiger partial charge in [0, 0.05) is 60.6 Å². The van der Waals surface area contributed by atoms with Gasteiger partial charge in [-0.2, -0.15) is 0 Å². The molecule has 4 nitrogen and oxygen atoms in total. The van der Waals surface area contributed by atoms with Gasteiger partial charge in [-0.05, 0) is 139 Å². The van der Waals surface area contributed by atoms with Gasteiger partial charge in [0.05, 0.1) is 16.7 Å². The van der Waals surface area contributed by atoms with Crippen LogP contribution in [0.25, 0.3) is 71.4 Å². The van der Waals surface area contributed by atoms with Crippen LogP contribution in [0.3, 0.4) is 0 Å². The molecule has 2 aliphatic heterocycles. The second-order valence-electron chi connectivity index (χ2n) is 25.6. The van der Waals surface area contributed by atoms with Crippen LogP contribution < -0.4 is 16.0 Å². The maximum atomic E-state index is 7.48. The van der Waals surface area contributed by atoms with Crippen LogP contribution in [0, 0.1) is 0 Å². The molecule has 3 aromatic heterocycles. The Kier molecular flexibility index (Phi) is 8.94. The molecule has 5 heterocycles. The third-order valence-corrected chi connectivity index (χ3v) is 15.6. The summed E-state index contributed by atoms with van der Waals surface area (Å²) in [6.45, 7) is 34.7. The van der Waals surface area contributed by atoms with Crippen molar-refractivity contribution in [3.8, 4) is 16.8 Å². The molecule has 346 valence electrons. The van der Waals surface area contributed by atoms with Crippen molar-refractivity contribution < 1.29 is 4.42 Å². The average Bonchev–Trinajstić information content (AvgIpc) is 3.93. The molecule has 7 aromatic carbocycles. The van der Waals surface area contributed by atoms with Gasteiger partial charge in [0.2, 0.25) is 0 Å². The van der Waals surface area contributed by atoms with Crippen molar-refractivity contribution in [2.24, 2.45) is 0 Å². The van der Waals surface area contributed by atoms with Crippen molar-refractivity contribution in [1.29, 1.82) is 0 Å². The lowest BCUT2D eigenvalue weighted by molar-refractivity contribution is 0.590. The molecule has 2 aliphatic rings. The van der Waals surface area contributed by atoms with E-state index in [0.717, 1.165) is 33.7 Å². The topological polar surface area (TPSA) is 26.2 Å². The van der Waals surface area contributed by atoms with E-state index in [4.69, 9.17) is 4.42 Å². The second-order valence-corrected chi connectivity index (χ2v) is 25.6. The van der Waals surface area contributed by atoms with Crippen LogP contribution in [0.5, 0.6) is 0 Å². The van der Waals surface area contributed by atoms with Crippen LogP contribution in [0.15, 0.2) is 132 Å². The van der Waals surface area contributed by atoms with E-state index >= 15 is 0 Å². The molecule has 69 heavy (non-hydrogen) atoms. The summed E-state index contributed by atoms with van der Waals surface area (Å²) in [5, 5.41) is 6.28. The molecule has 0 unspecified atom stereocenters. The summed E-state index contributed by atoms with van der Waals surface area (Å²) < 4.78 is 12.7. The highest BCUT2D eigenvalue weighted by Crippen LogP contribution is 2.53. The first-order valence-corrected chi connectivity index (χ1v) is 25.2. The molecule has 12 rings (SSSR count). The molecule has 10 aromatic rings. The monoisotopic (exact) mass is 904 g/mol. The number of hydrogen-bond acceptors (Lipinski definition) is 2. The summed E-state index contributed by atoms with van der Waals surface area (Å²) in [6.07, 6.45) is 0. The molecule has 0 atom stereocenters. The lowest BCUT2D eigenvalue weighted by Crippen LogP contribution is -2.56. The van der Waals surface area contributed by atoms with Gasteiger partial charge in [0.25, 0.3) is 0 Å². The fourth-order valence-electron chi connectivity index (χ4n) is 11.6. The van der Waals surface area contributed by atoms with Gasteiger partial charge in [-0.1, -0.05) is 158 Å². The first-order valence-electron chi connectivity index (χ1n) is 25.2. The molecule has 0 amide bonds. The Morgan fingerprint density at radius 2 is 0.942 bits per heavy atom. The molecule has 0 saturated heterocycles. The Labute approximate surface area is 409 Å². The van der Waals surface area contributed by atoms with Crippen LogP contribution in [0.4, 0.5) is 17.1 Å². The summed E-state index contributed by atoms with van der Waals surface area (Å²) >= 11 is 0. The maximum Gasteiger partial charge on any atom is 0.375 e. The molecular formula is C64H66BN3O. The number of benzene rings is 7. The molecule has 0 saturated carbocycles. The number of hydrogen-bond donors (Lipinski definition) is 0. The molecule has 5 heteroatoms. The molecule has 0 bridgehead atoms. The van der Waals surface area contributed by atoms with E-state index in [1.165, 1.54) is 93.7 Å². The van der Waals surface area contributed by atoms with Crippen LogP contribution in [0.2, 0.25) is 0 Å². The summed E-state index contributed by atoms with van der Waals surface area (Å²) in [5.41, 5.74) is 21.6. The molecule has 0 aliphatic carbocycles. The van der Waals surface area contributed by atoms with E-state index in [0.29, 0.717) is 0 Å². The van der Waals surface area contributed by atoms with Crippen LogP contribution in [-0.2, 0) is 27.1 Å². The number of anilines is 3. The number of nitrogens with zero attached hydrogens (tertiary/aromatic N) is 3. The molecule has 0 radical (unpaired) electrons. The van der Waals surface area contributed by atoms with E-state index in [1.807, 2.05) is 0 Å². The quantitative estimate of drug-likeness (QED) is 0.162. The average molecular weight is 904 g/mol. The van der Waals surface area contributed by atoms with Crippen molar-refractivity contribution in [2.75, 3.05) is 4.90 Å². The fourth-order valence-corrected chi connectivity index (χ4v) is 11.6. The maximum absolute atomic E-state index is 7.48. The third kappa shape index (κ3) is 6.41. The SMILES string of the molecule is CC(C)(C)c1ccc(N2c3cc(C(C)(C)C)cc4c3B(c3oc5ccc(C(C)(C)C)cc5c32)n2c3ccc(C(C)(C)C)cc3c3cc5c6cc(C(C)(C)C)ccc6n(-c6ccccc6)c5c-4c32)cc1. The largest absolute Gasteiger partial charge is 0.466 e. The minimum Gasteiger partial charge on any atom is -0.466 e. The highest BCUT2D eigenvalue weighted by molar-refractivity contribution is 6.89. The molecule has 0 N–H and O–H groups in total. The summed E-state index contributed by atoms with van der Waals surface area (Å²) in [4.78, 5) is 2.57. The van der Waals surface area contributed by atoms with E-state index in [1.54, 1.807) is 0 Å². The standard InChI is InChI=1S/C64H66BN3O/c1-60(2,3)37-21-26-43(27-22-37)67-52-35-41(64(13,14)15)34-49-54-56-46(44-31-38(61(4,5)6)23-28-50(44)66(56)42-19-17-16-18-20-42)36-47-45-32-39(62(7,8)9)24-29-51(45)68(57(47)54)65(55(49)52)59-58(67)48-33-40(63(10,11)12)25-30-53(48)69-59/h16-36H,1-15H3. The minimum absolute atomic E-state index is 0.0135. The summed E-state index contributed by atoms with van der Waals surface area (Å²) in [6, 6.07) is 49.5. The Hall–Kier alpha value is -6.46. The minimum atomic E-state index is -0.234. The van der Waals surface area contributed by atoms with Crippen molar-refractivity contribution in [3.63, 3.8) is 0 Å². The zero-order valence-corrected chi connectivity index (χ0v) is 43.5. The van der Waals surface area contributed by atoms with Crippen LogP contribution >= 0.6 is 0 Å². The van der Waals surface area contributed by atoms with Crippen LogP contribution in [0.1, 0.15) is 132 Å². The zero-order chi connectivity index (χ0) is 48.6. The first kappa shape index (κ1) is 43.8. The Morgan fingerprint density at radius 3 is 1.54 bits per heavy atom. The van der Waals surface area contributed by atoms with Gasteiger partial charge in [-0.3, -0.25) is 0 Å². The fraction of sp³-hybridized carbons (Fsp3) is 0.312. The number of para-hydroxylation sites is 1. The van der Waals surface area contributed by atoms with Crippen molar-refractivity contribution in [1.82, 2.24) is 9.05 Å². The van der Waals surface area contributed by atoms with Crippen molar-refractivity contribution in [3.05, 3.63) is 155 Å². The van der Waals surface area contributed by atoms with Gasteiger partial charge in [0.1, 0.15) is 11.2 Å². The smallest absolute Gasteiger partial charge is 0.375 e. The second kappa shape index (κ2) is 14.1. The Balaban J connectivity index is 1.33. The Bertz CT molecular complexity index is 3790. The third-order valence-electron chi connectivity index (χ3n) is 15.6. The lowest BCUT2D eigenvalue weighted by Gasteiger charge is -2.40. The van der Waals surface area contributed by atoms with E-state index in [-0.39, 0.29) is 33.9 Å². The highest BCUT2D eigenvalue weighted by Gasteiger charge is 2.48. The normalized spacial score (nSPS) is 14.2. The van der Waals surface area contributed by atoms with Gasteiger partial charge >= 0.3 is 6.85 Å². The predicted molar refractivity (Wildman–Crippen MR) is 298 cm³/mol. The number of aromatic nitrogens is 2.